The van der Waals surface area contributed by atoms with Crippen molar-refractivity contribution >= 4 is 23.2 Å². The van der Waals surface area contributed by atoms with Gasteiger partial charge in [0.2, 0.25) is 11.8 Å². The molecule has 1 saturated heterocycles. The Bertz CT molecular complexity index is 863. The number of hydrogen-bond donors (Lipinski definition) is 0. The molecule has 1 fully saturated rings. The molecule has 1 aliphatic rings. The number of rotatable bonds is 4. The van der Waals surface area contributed by atoms with Crippen LogP contribution in [0.5, 0.6) is 0 Å². The molecule has 0 spiro atoms. The van der Waals surface area contributed by atoms with Crippen molar-refractivity contribution < 1.29 is 4.42 Å². The summed E-state index contributed by atoms with van der Waals surface area (Å²) in [6.07, 6.45) is 1.01. The van der Waals surface area contributed by atoms with Gasteiger partial charge in [0.15, 0.2) is 0 Å². The first-order valence-corrected chi connectivity index (χ1v) is 9.00. The van der Waals surface area contributed by atoms with E-state index in [1.807, 2.05) is 42.5 Å². The minimum atomic E-state index is 0.260. The number of aromatic nitrogens is 2. The first-order chi connectivity index (χ1) is 12.2. The predicted octanol–water partition coefficient (Wildman–Crippen LogP) is 5.03. The zero-order valence-corrected chi connectivity index (χ0v) is 15.0. The Hall–Kier alpha value is -1.88. The molecule has 1 aliphatic heterocycles. The van der Waals surface area contributed by atoms with Crippen LogP contribution in [0, 0.1) is 0 Å². The predicted molar refractivity (Wildman–Crippen MR) is 98.8 cm³/mol. The Morgan fingerprint density at radius 3 is 2.64 bits per heavy atom. The summed E-state index contributed by atoms with van der Waals surface area (Å²) in [5.74, 6) is 1.50. The second-order valence-electron chi connectivity index (χ2n) is 6.26. The van der Waals surface area contributed by atoms with Crippen molar-refractivity contribution in [3.8, 4) is 11.5 Å². The maximum Gasteiger partial charge on any atom is 0.247 e. The molecule has 2 aromatic carbocycles. The Labute approximate surface area is 156 Å². The molecule has 0 aliphatic carbocycles. The van der Waals surface area contributed by atoms with Gasteiger partial charge in [-0.3, -0.25) is 4.90 Å². The fraction of sp³-hybridized carbons (Fsp3) is 0.263. The van der Waals surface area contributed by atoms with E-state index in [1.165, 1.54) is 0 Å². The van der Waals surface area contributed by atoms with Crippen LogP contribution < -0.4 is 0 Å². The van der Waals surface area contributed by atoms with Crippen molar-refractivity contribution in [2.75, 3.05) is 13.1 Å². The summed E-state index contributed by atoms with van der Waals surface area (Å²) in [7, 11) is 0. The van der Waals surface area contributed by atoms with E-state index in [4.69, 9.17) is 27.6 Å². The van der Waals surface area contributed by atoms with Gasteiger partial charge in [-0.1, -0.05) is 41.4 Å². The van der Waals surface area contributed by atoms with Gasteiger partial charge in [0.05, 0.1) is 5.92 Å². The van der Waals surface area contributed by atoms with Gasteiger partial charge in [-0.05, 0) is 48.9 Å². The lowest BCUT2D eigenvalue weighted by Crippen LogP contribution is -2.20. The maximum atomic E-state index is 6.26. The number of likely N-dealkylation sites (tertiary alicyclic amines) is 1. The molecule has 1 atom stereocenters. The van der Waals surface area contributed by atoms with E-state index in [1.54, 1.807) is 0 Å². The van der Waals surface area contributed by atoms with E-state index < -0.39 is 0 Å². The van der Waals surface area contributed by atoms with Crippen LogP contribution in [0.2, 0.25) is 10.0 Å². The SMILES string of the molecule is Clc1ccc(-c2nnc([C@H]3CCN(Cc4ccccc4Cl)C3)o2)cc1. The van der Waals surface area contributed by atoms with Gasteiger partial charge in [0.1, 0.15) is 0 Å². The fourth-order valence-corrected chi connectivity index (χ4v) is 3.48. The van der Waals surface area contributed by atoms with E-state index in [-0.39, 0.29) is 5.92 Å². The van der Waals surface area contributed by atoms with Crippen LogP contribution in [0.25, 0.3) is 11.5 Å². The molecule has 25 heavy (non-hydrogen) atoms. The zero-order valence-electron chi connectivity index (χ0n) is 13.5. The van der Waals surface area contributed by atoms with Crippen LogP contribution in [0.4, 0.5) is 0 Å². The average molecular weight is 374 g/mol. The van der Waals surface area contributed by atoms with E-state index in [2.05, 4.69) is 21.2 Å². The number of hydrogen-bond acceptors (Lipinski definition) is 4. The summed E-state index contributed by atoms with van der Waals surface area (Å²) in [6.45, 7) is 2.73. The van der Waals surface area contributed by atoms with E-state index in [9.17, 15) is 0 Å². The summed E-state index contributed by atoms with van der Waals surface area (Å²) in [4.78, 5) is 2.37. The van der Waals surface area contributed by atoms with Crippen molar-refractivity contribution in [3.05, 3.63) is 70.0 Å². The zero-order chi connectivity index (χ0) is 17.2. The van der Waals surface area contributed by atoms with Crippen LogP contribution in [0.3, 0.4) is 0 Å². The van der Waals surface area contributed by atoms with Gasteiger partial charge in [0.25, 0.3) is 0 Å². The second kappa shape index (κ2) is 7.16. The van der Waals surface area contributed by atoms with Crippen LogP contribution in [0.1, 0.15) is 23.8 Å². The van der Waals surface area contributed by atoms with Crippen molar-refractivity contribution in [1.29, 1.82) is 0 Å². The standard InChI is InChI=1S/C19H17Cl2N3O/c20-16-7-5-13(6-8-16)18-22-23-19(25-18)15-9-10-24(12-15)11-14-3-1-2-4-17(14)21/h1-8,15H,9-12H2/t15-/m0/s1. The van der Waals surface area contributed by atoms with E-state index >= 15 is 0 Å². The highest BCUT2D eigenvalue weighted by molar-refractivity contribution is 6.31. The molecule has 3 aromatic rings. The molecular weight excluding hydrogens is 357 g/mol. The minimum absolute atomic E-state index is 0.260. The Kier molecular flexibility index (Phi) is 4.75. The average Bonchev–Trinajstić information content (AvgIpc) is 3.27. The molecule has 6 heteroatoms. The third-order valence-electron chi connectivity index (χ3n) is 4.51. The molecule has 0 N–H and O–H groups in total. The lowest BCUT2D eigenvalue weighted by Gasteiger charge is -2.16. The summed E-state index contributed by atoms with van der Waals surface area (Å²) in [5.41, 5.74) is 2.03. The number of benzene rings is 2. The lowest BCUT2D eigenvalue weighted by molar-refractivity contribution is 0.320. The largest absolute Gasteiger partial charge is 0.420 e. The Morgan fingerprint density at radius 1 is 1.04 bits per heavy atom. The Balaban J connectivity index is 1.44. The number of halogens is 2. The van der Waals surface area contributed by atoms with Crippen molar-refractivity contribution in [3.63, 3.8) is 0 Å². The molecule has 1 aromatic heterocycles. The molecule has 0 saturated carbocycles. The van der Waals surface area contributed by atoms with Crippen LogP contribution in [-0.4, -0.2) is 28.2 Å². The maximum absolute atomic E-state index is 6.26. The topological polar surface area (TPSA) is 42.2 Å². The first kappa shape index (κ1) is 16.6. The first-order valence-electron chi connectivity index (χ1n) is 8.24. The summed E-state index contributed by atoms with van der Waals surface area (Å²) >= 11 is 12.2. The molecule has 0 unspecified atom stereocenters. The Morgan fingerprint density at radius 2 is 1.84 bits per heavy atom. The van der Waals surface area contributed by atoms with E-state index in [0.717, 1.165) is 42.2 Å². The molecule has 0 radical (unpaired) electrons. The summed E-state index contributed by atoms with van der Waals surface area (Å²) < 4.78 is 5.90. The van der Waals surface area contributed by atoms with Gasteiger partial charge in [0, 0.05) is 28.7 Å². The smallest absolute Gasteiger partial charge is 0.247 e. The van der Waals surface area contributed by atoms with Gasteiger partial charge >= 0.3 is 0 Å². The highest BCUT2D eigenvalue weighted by atomic mass is 35.5. The van der Waals surface area contributed by atoms with Gasteiger partial charge in [-0.2, -0.15) is 0 Å². The van der Waals surface area contributed by atoms with Gasteiger partial charge in [-0.25, -0.2) is 0 Å². The molecule has 4 nitrogen and oxygen atoms in total. The van der Waals surface area contributed by atoms with Crippen LogP contribution in [0.15, 0.2) is 52.9 Å². The minimum Gasteiger partial charge on any atom is -0.420 e. The highest BCUT2D eigenvalue weighted by Gasteiger charge is 2.28. The molecule has 2 heterocycles. The summed E-state index contributed by atoms with van der Waals surface area (Å²) in [6, 6.07) is 15.4. The molecule has 4 rings (SSSR count). The molecule has 0 bridgehead atoms. The van der Waals surface area contributed by atoms with Crippen LogP contribution in [-0.2, 0) is 6.54 Å². The normalized spacial score (nSPS) is 17.9. The molecule has 0 amide bonds. The molecular formula is C19H17Cl2N3O. The van der Waals surface area contributed by atoms with Crippen molar-refractivity contribution in [2.24, 2.45) is 0 Å². The van der Waals surface area contributed by atoms with E-state index in [0.29, 0.717) is 16.8 Å². The third-order valence-corrected chi connectivity index (χ3v) is 5.13. The molecule has 128 valence electrons. The third kappa shape index (κ3) is 3.71. The quantitative estimate of drug-likeness (QED) is 0.642. The fourth-order valence-electron chi connectivity index (χ4n) is 3.15. The monoisotopic (exact) mass is 373 g/mol. The van der Waals surface area contributed by atoms with Gasteiger partial charge < -0.3 is 4.42 Å². The van der Waals surface area contributed by atoms with Crippen molar-refractivity contribution in [1.82, 2.24) is 15.1 Å². The van der Waals surface area contributed by atoms with Crippen LogP contribution >= 0.6 is 23.2 Å². The lowest BCUT2D eigenvalue weighted by atomic mass is 10.1. The van der Waals surface area contributed by atoms with Gasteiger partial charge in [-0.15, -0.1) is 10.2 Å². The highest BCUT2D eigenvalue weighted by Crippen LogP contribution is 2.30. The number of nitrogens with zero attached hydrogens (tertiary/aromatic N) is 3. The summed E-state index contributed by atoms with van der Waals surface area (Å²) in [5, 5.41) is 9.94. The second-order valence-corrected chi connectivity index (χ2v) is 7.11. The van der Waals surface area contributed by atoms with Crippen molar-refractivity contribution in [2.45, 2.75) is 18.9 Å².